The van der Waals surface area contributed by atoms with Gasteiger partial charge in [0.25, 0.3) is 0 Å². The van der Waals surface area contributed by atoms with Crippen LogP contribution in [0.3, 0.4) is 0 Å². The fourth-order valence-electron chi connectivity index (χ4n) is 1.37. The SMILES string of the molecule is CC.CC(Cl)CCN(C)Cc1ccccc1. The van der Waals surface area contributed by atoms with E-state index in [1.54, 1.807) is 0 Å². The summed E-state index contributed by atoms with van der Waals surface area (Å²) in [6.07, 6.45) is 1.05. The molecule has 0 N–H and O–H groups in total. The molecular formula is C14H24ClN. The van der Waals surface area contributed by atoms with Crippen LogP contribution in [0.1, 0.15) is 32.8 Å². The summed E-state index contributed by atoms with van der Waals surface area (Å²) in [7, 11) is 2.13. The third-order valence-electron chi connectivity index (χ3n) is 2.20. The van der Waals surface area contributed by atoms with E-state index < -0.39 is 0 Å². The number of hydrogen-bond acceptors (Lipinski definition) is 1. The molecule has 0 bridgehead atoms. The van der Waals surface area contributed by atoms with Crippen LogP contribution in [0.4, 0.5) is 0 Å². The van der Waals surface area contributed by atoms with Crippen molar-refractivity contribution in [1.29, 1.82) is 0 Å². The molecule has 0 aliphatic carbocycles. The zero-order valence-corrected chi connectivity index (χ0v) is 11.7. The highest BCUT2D eigenvalue weighted by atomic mass is 35.5. The predicted molar refractivity (Wildman–Crippen MR) is 74.1 cm³/mol. The van der Waals surface area contributed by atoms with E-state index in [4.69, 9.17) is 11.6 Å². The van der Waals surface area contributed by atoms with Crippen molar-refractivity contribution in [2.24, 2.45) is 0 Å². The lowest BCUT2D eigenvalue weighted by molar-refractivity contribution is 0.322. The minimum atomic E-state index is 0.272. The number of alkyl halides is 1. The van der Waals surface area contributed by atoms with Crippen LogP contribution in [0.2, 0.25) is 0 Å². The first kappa shape index (κ1) is 15.5. The Kier molecular flexibility index (Phi) is 9.36. The van der Waals surface area contributed by atoms with Crippen molar-refractivity contribution in [3.05, 3.63) is 35.9 Å². The van der Waals surface area contributed by atoms with Gasteiger partial charge in [0.05, 0.1) is 0 Å². The minimum Gasteiger partial charge on any atom is -0.302 e. The van der Waals surface area contributed by atoms with Gasteiger partial charge in [0.2, 0.25) is 0 Å². The first-order valence-electron chi connectivity index (χ1n) is 6.05. The van der Waals surface area contributed by atoms with Gasteiger partial charge in [0.1, 0.15) is 0 Å². The molecule has 0 amide bonds. The Morgan fingerprint density at radius 2 is 1.75 bits per heavy atom. The van der Waals surface area contributed by atoms with Crippen LogP contribution in [0.25, 0.3) is 0 Å². The van der Waals surface area contributed by atoms with E-state index in [9.17, 15) is 0 Å². The van der Waals surface area contributed by atoms with Crippen LogP contribution < -0.4 is 0 Å². The summed E-state index contributed by atoms with van der Waals surface area (Å²) in [6.45, 7) is 8.10. The van der Waals surface area contributed by atoms with E-state index in [2.05, 4.69) is 36.2 Å². The normalized spacial score (nSPS) is 11.9. The van der Waals surface area contributed by atoms with Gasteiger partial charge in [0.15, 0.2) is 0 Å². The summed E-state index contributed by atoms with van der Waals surface area (Å²) in [5, 5.41) is 0.272. The number of hydrogen-bond donors (Lipinski definition) is 0. The van der Waals surface area contributed by atoms with Crippen LogP contribution in [0, 0.1) is 0 Å². The molecule has 0 fully saturated rings. The van der Waals surface area contributed by atoms with Crippen molar-refractivity contribution in [1.82, 2.24) is 4.90 Å². The second-order valence-electron chi connectivity index (χ2n) is 3.79. The van der Waals surface area contributed by atoms with Crippen molar-refractivity contribution >= 4 is 11.6 Å². The third-order valence-corrected chi connectivity index (χ3v) is 2.42. The van der Waals surface area contributed by atoms with Crippen molar-refractivity contribution < 1.29 is 0 Å². The second-order valence-corrected chi connectivity index (χ2v) is 4.54. The van der Waals surface area contributed by atoms with Crippen molar-refractivity contribution in [3.8, 4) is 0 Å². The summed E-state index contributed by atoms with van der Waals surface area (Å²) < 4.78 is 0. The monoisotopic (exact) mass is 241 g/mol. The van der Waals surface area contributed by atoms with Crippen LogP contribution in [0.5, 0.6) is 0 Å². The van der Waals surface area contributed by atoms with Gasteiger partial charge in [0, 0.05) is 11.9 Å². The molecule has 0 saturated heterocycles. The lowest BCUT2D eigenvalue weighted by Gasteiger charge is -2.17. The van der Waals surface area contributed by atoms with Gasteiger partial charge in [-0.2, -0.15) is 0 Å². The molecule has 0 heterocycles. The van der Waals surface area contributed by atoms with Gasteiger partial charge in [-0.25, -0.2) is 0 Å². The van der Waals surface area contributed by atoms with Crippen molar-refractivity contribution in [2.45, 2.75) is 39.1 Å². The molecule has 2 heteroatoms. The molecule has 1 rings (SSSR count). The van der Waals surface area contributed by atoms with Crippen LogP contribution in [-0.4, -0.2) is 23.9 Å². The van der Waals surface area contributed by atoms with Gasteiger partial charge >= 0.3 is 0 Å². The minimum absolute atomic E-state index is 0.272. The zero-order chi connectivity index (χ0) is 12.4. The first-order chi connectivity index (χ1) is 7.68. The summed E-state index contributed by atoms with van der Waals surface area (Å²) in [5.41, 5.74) is 1.36. The highest BCUT2D eigenvalue weighted by Gasteiger charge is 2.02. The Morgan fingerprint density at radius 3 is 2.25 bits per heavy atom. The number of benzene rings is 1. The number of nitrogens with zero attached hydrogens (tertiary/aromatic N) is 1. The van der Waals surface area contributed by atoms with Crippen LogP contribution in [0.15, 0.2) is 30.3 Å². The van der Waals surface area contributed by atoms with Crippen LogP contribution >= 0.6 is 11.6 Å². The molecule has 0 aromatic heterocycles. The molecular weight excluding hydrogens is 218 g/mol. The Morgan fingerprint density at radius 1 is 1.19 bits per heavy atom. The molecule has 1 unspecified atom stereocenters. The molecule has 0 radical (unpaired) electrons. The van der Waals surface area contributed by atoms with E-state index in [0.717, 1.165) is 19.5 Å². The van der Waals surface area contributed by atoms with Crippen LogP contribution in [-0.2, 0) is 6.54 Å². The summed E-state index contributed by atoms with van der Waals surface area (Å²) in [4.78, 5) is 2.30. The third kappa shape index (κ3) is 7.72. The molecule has 0 aliphatic heterocycles. The summed E-state index contributed by atoms with van der Waals surface area (Å²) in [6, 6.07) is 10.5. The molecule has 1 aromatic carbocycles. The zero-order valence-electron chi connectivity index (χ0n) is 10.9. The van der Waals surface area contributed by atoms with Crippen molar-refractivity contribution in [2.75, 3.05) is 13.6 Å². The summed E-state index contributed by atoms with van der Waals surface area (Å²) >= 11 is 5.90. The molecule has 1 nitrogen and oxygen atoms in total. The first-order valence-corrected chi connectivity index (χ1v) is 6.48. The van der Waals surface area contributed by atoms with Crippen molar-refractivity contribution in [3.63, 3.8) is 0 Å². The Hall–Kier alpha value is -0.530. The van der Waals surface area contributed by atoms with Gasteiger partial charge in [-0.3, -0.25) is 0 Å². The average molecular weight is 242 g/mol. The standard InChI is InChI=1S/C12H18ClN.C2H6/c1-11(13)8-9-14(2)10-12-6-4-3-5-7-12;1-2/h3-7,11H,8-10H2,1-2H3;1-2H3. The quantitative estimate of drug-likeness (QED) is 0.700. The maximum Gasteiger partial charge on any atom is 0.0320 e. The van der Waals surface area contributed by atoms with Gasteiger partial charge in [-0.05, 0) is 32.5 Å². The molecule has 92 valence electrons. The molecule has 0 saturated carbocycles. The van der Waals surface area contributed by atoms with E-state index in [0.29, 0.717) is 0 Å². The van der Waals surface area contributed by atoms with E-state index in [1.165, 1.54) is 5.56 Å². The average Bonchev–Trinajstić information content (AvgIpc) is 2.30. The maximum absolute atomic E-state index is 5.90. The second kappa shape index (κ2) is 9.68. The number of halogens is 1. The predicted octanol–water partition coefficient (Wildman–Crippen LogP) is 4.16. The lowest BCUT2D eigenvalue weighted by Crippen LogP contribution is -2.20. The fourth-order valence-corrected chi connectivity index (χ4v) is 1.47. The molecule has 1 aromatic rings. The van der Waals surface area contributed by atoms with E-state index >= 15 is 0 Å². The Labute approximate surface area is 105 Å². The lowest BCUT2D eigenvalue weighted by atomic mass is 10.2. The topological polar surface area (TPSA) is 3.24 Å². The van der Waals surface area contributed by atoms with E-state index in [1.807, 2.05) is 26.8 Å². The van der Waals surface area contributed by atoms with Gasteiger partial charge < -0.3 is 4.90 Å². The highest BCUT2D eigenvalue weighted by Crippen LogP contribution is 2.05. The van der Waals surface area contributed by atoms with E-state index in [-0.39, 0.29) is 5.38 Å². The summed E-state index contributed by atoms with van der Waals surface area (Å²) in [5.74, 6) is 0. The molecule has 0 spiro atoms. The molecule has 1 atom stereocenters. The Balaban J connectivity index is 0.00000106. The largest absolute Gasteiger partial charge is 0.302 e. The fraction of sp³-hybridized carbons (Fsp3) is 0.571. The Bertz CT molecular complexity index is 246. The van der Waals surface area contributed by atoms with Gasteiger partial charge in [-0.1, -0.05) is 44.2 Å². The highest BCUT2D eigenvalue weighted by molar-refractivity contribution is 6.20. The van der Waals surface area contributed by atoms with Gasteiger partial charge in [-0.15, -0.1) is 11.6 Å². The molecule has 16 heavy (non-hydrogen) atoms. The number of rotatable bonds is 5. The molecule has 0 aliphatic rings. The smallest absolute Gasteiger partial charge is 0.0320 e. The maximum atomic E-state index is 5.90.